The molecule has 1 N–H and O–H groups in total. The number of carbonyl (C=O) groups excluding carboxylic acids is 1. The van der Waals surface area contributed by atoms with Gasteiger partial charge in [0.05, 0.1) is 34.0 Å². The second-order valence-electron chi connectivity index (χ2n) is 6.02. The molecule has 11 heteroatoms. The van der Waals surface area contributed by atoms with E-state index in [0.29, 0.717) is 0 Å². The first-order valence-electron chi connectivity index (χ1n) is 7.95. The van der Waals surface area contributed by atoms with E-state index in [9.17, 15) is 31.1 Å². The molecule has 2 aromatic carbocycles. The lowest BCUT2D eigenvalue weighted by Gasteiger charge is -2.15. The number of alkyl halides is 6. The van der Waals surface area contributed by atoms with Crippen LogP contribution in [0, 0.1) is 6.92 Å². The van der Waals surface area contributed by atoms with Crippen LogP contribution in [-0.2, 0) is 12.4 Å². The number of hydrogen-bond acceptors (Lipinski definition) is 4. The van der Waals surface area contributed by atoms with Crippen LogP contribution in [0.15, 0.2) is 30.3 Å². The summed E-state index contributed by atoms with van der Waals surface area (Å²) in [6, 6.07) is 4.57. The average molecular weight is 434 g/mol. The Balaban J connectivity index is 1.98. The van der Waals surface area contributed by atoms with Crippen molar-refractivity contribution in [2.24, 2.45) is 0 Å². The number of anilines is 1. The van der Waals surface area contributed by atoms with Gasteiger partial charge in [0.15, 0.2) is 5.13 Å². The van der Waals surface area contributed by atoms with E-state index in [1.807, 2.05) is 0 Å². The Morgan fingerprint density at radius 1 is 1.07 bits per heavy atom. The van der Waals surface area contributed by atoms with Gasteiger partial charge in [-0.05, 0) is 42.8 Å². The van der Waals surface area contributed by atoms with Crippen molar-refractivity contribution in [1.29, 1.82) is 0 Å². The van der Waals surface area contributed by atoms with Gasteiger partial charge in [0.25, 0.3) is 5.91 Å². The summed E-state index contributed by atoms with van der Waals surface area (Å²) in [4.78, 5) is 16.4. The standard InChI is InChI=1S/C18H12F6N2O2S/c1-8-5-11(18(22,23)24)10(7-13(8)28-2)15(27)26-16-25-12-4-3-9(17(19,20)21)6-14(12)29-16/h3-7H,1-2H3,(H,25,26,27). The molecule has 1 heterocycles. The van der Waals surface area contributed by atoms with Crippen LogP contribution in [0.3, 0.4) is 0 Å². The molecule has 0 aliphatic carbocycles. The smallest absolute Gasteiger partial charge is 0.417 e. The van der Waals surface area contributed by atoms with Crippen molar-refractivity contribution >= 4 is 32.6 Å². The molecule has 4 nitrogen and oxygen atoms in total. The predicted molar refractivity (Wildman–Crippen MR) is 95.3 cm³/mol. The summed E-state index contributed by atoms with van der Waals surface area (Å²) < 4.78 is 83.6. The minimum absolute atomic E-state index is 0.0854. The fourth-order valence-corrected chi connectivity index (χ4v) is 3.55. The molecule has 0 atom stereocenters. The number of halogens is 6. The Morgan fingerprint density at radius 2 is 1.76 bits per heavy atom. The van der Waals surface area contributed by atoms with Gasteiger partial charge >= 0.3 is 12.4 Å². The molecule has 1 amide bonds. The molecule has 0 saturated heterocycles. The number of carbonyl (C=O) groups is 1. The number of nitrogens with one attached hydrogen (secondary N) is 1. The Bertz CT molecular complexity index is 1090. The third-order valence-corrected chi connectivity index (χ3v) is 4.95. The van der Waals surface area contributed by atoms with Gasteiger partial charge in [-0.1, -0.05) is 11.3 Å². The lowest BCUT2D eigenvalue weighted by atomic mass is 10.0. The lowest BCUT2D eigenvalue weighted by molar-refractivity contribution is -0.138. The molecule has 0 radical (unpaired) electrons. The van der Waals surface area contributed by atoms with Crippen LogP contribution in [0.1, 0.15) is 27.0 Å². The van der Waals surface area contributed by atoms with Crippen molar-refractivity contribution in [3.63, 3.8) is 0 Å². The summed E-state index contributed by atoms with van der Waals surface area (Å²) in [7, 11) is 1.25. The molecule has 1 aromatic heterocycles. The van der Waals surface area contributed by atoms with E-state index >= 15 is 0 Å². The molecule has 0 fully saturated rings. The summed E-state index contributed by atoms with van der Waals surface area (Å²) in [6.45, 7) is 1.40. The molecule has 0 bridgehead atoms. The fraction of sp³-hybridized carbons (Fsp3) is 0.222. The van der Waals surface area contributed by atoms with Gasteiger partial charge in [0.1, 0.15) is 5.75 Å². The lowest BCUT2D eigenvalue weighted by Crippen LogP contribution is -2.19. The van der Waals surface area contributed by atoms with E-state index < -0.39 is 35.0 Å². The third kappa shape index (κ3) is 4.29. The largest absolute Gasteiger partial charge is 0.496 e. The van der Waals surface area contributed by atoms with Gasteiger partial charge in [-0.2, -0.15) is 26.3 Å². The summed E-state index contributed by atoms with van der Waals surface area (Å²) in [5.41, 5.74) is -2.37. The Labute approximate surface area is 164 Å². The number of benzene rings is 2. The monoisotopic (exact) mass is 434 g/mol. The van der Waals surface area contributed by atoms with E-state index in [-0.39, 0.29) is 26.7 Å². The zero-order valence-corrected chi connectivity index (χ0v) is 15.6. The van der Waals surface area contributed by atoms with Crippen LogP contribution < -0.4 is 10.1 Å². The van der Waals surface area contributed by atoms with Crippen molar-refractivity contribution in [2.75, 3.05) is 12.4 Å². The van der Waals surface area contributed by atoms with Gasteiger partial charge in [0, 0.05) is 0 Å². The molecular weight excluding hydrogens is 422 g/mol. The van der Waals surface area contributed by atoms with Crippen molar-refractivity contribution in [1.82, 2.24) is 4.98 Å². The van der Waals surface area contributed by atoms with Crippen molar-refractivity contribution < 1.29 is 35.9 Å². The van der Waals surface area contributed by atoms with Crippen molar-refractivity contribution in [3.05, 3.63) is 52.6 Å². The number of fused-ring (bicyclic) bond motifs is 1. The molecule has 0 unspecified atom stereocenters. The zero-order chi connectivity index (χ0) is 21.6. The first-order chi connectivity index (χ1) is 13.4. The minimum atomic E-state index is -4.79. The van der Waals surface area contributed by atoms with E-state index in [0.717, 1.165) is 41.7 Å². The first kappa shape index (κ1) is 20.9. The first-order valence-corrected chi connectivity index (χ1v) is 8.77. The highest BCUT2D eigenvalue weighted by Crippen LogP contribution is 2.37. The van der Waals surface area contributed by atoms with Crippen LogP contribution in [-0.4, -0.2) is 18.0 Å². The highest BCUT2D eigenvalue weighted by molar-refractivity contribution is 7.22. The fourth-order valence-electron chi connectivity index (χ4n) is 2.65. The van der Waals surface area contributed by atoms with Gasteiger partial charge in [-0.25, -0.2) is 4.98 Å². The molecular formula is C18H12F6N2O2S. The number of methoxy groups -OCH3 is 1. The predicted octanol–water partition coefficient (Wildman–Crippen LogP) is 5.90. The number of aryl methyl sites for hydroxylation is 1. The van der Waals surface area contributed by atoms with Gasteiger partial charge in [-0.15, -0.1) is 0 Å². The molecule has 0 spiro atoms. The van der Waals surface area contributed by atoms with Gasteiger partial charge < -0.3 is 4.74 Å². The second kappa shape index (κ2) is 7.21. The molecule has 0 saturated carbocycles. The van der Waals surface area contributed by atoms with E-state index in [1.54, 1.807) is 0 Å². The highest BCUT2D eigenvalue weighted by atomic mass is 32.1. The average Bonchev–Trinajstić information content (AvgIpc) is 3.01. The van der Waals surface area contributed by atoms with Crippen LogP contribution >= 0.6 is 11.3 Å². The summed E-state index contributed by atoms with van der Waals surface area (Å²) in [6.07, 6.45) is -9.35. The third-order valence-electron chi connectivity index (χ3n) is 4.02. The number of amides is 1. The second-order valence-corrected chi connectivity index (χ2v) is 7.05. The molecule has 0 aliphatic heterocycles. The summed E-state index contributed by atoms with van der Waals surface area (Å²) in [5.74, 6) is -1.02. The van der Waals surface area contributed by atoms with E-state index in [2.05, 4.69) is 10.3 Å². The van der Waals surface area contributed by atoms with Crippen LogP contribution in [0.2, 0.25) is 0 Å². The Morgan fingerprint density at radius 3 is 2.34 bits per heavy atom. The maximum Gasteiger partial charge on any atom is 0.417 e. The summed E-state index contributed by atoms with van der Waals surface area (Å²) >= 11 is 0.721. The van der Waals surface area contributed by atoms with E-state index in [4.69, 9.17) is 4.74 Å². The van der Waals surface area contributed by atoms with Crippen LogP contribution in [0.25, 0.3) is 10.2 Å². The van der Waals surface area contributed by atoms with Gasteiger partial charge in [0.2, 0.25) is 0 Å². The zero-order valence-electron chi connectivity index (χ0n) is 14.8. The molecule has 29 heavy (non-hydrogen) atoms. The normalized spacial score (nSPS) is 12.3. The number of rotatable bonds is 3. The SMILES string of the molecule is COc1cc(C(=O)Nc2nc3ccc(C(F)(F)F)cc3s2)c(C(F)(F)F)cc1C. The number of nitrogens with zero attached hydrogens (tertiary/aromatic N) is 1. The molecule has 0 aliphatic rings. The quantitative estimate of drug-likeness (QED) is 0.522. The molecule has 3 rings (SSSR count). The Kier molecular flexibility index (Phi) is 5.20. The molecule has 3 aromatic rings. The van der Waals surface area contributed by atoms with Crippen molar-refractivity contribution in [2.45, 2.75) is 19.3 Å². The maximum absolute atomic E-state index is 13.3. The van der Waals surface area contributed by atoms with Gasteiger partial charge in [-0.3, -0.25) is 10.1 Å². The minimum Gasteiger partial charge on any atom is -0.496 e. The highest BCUT2D eigenvalue weighted by Gasteiger charge is 2.36. The number of ether oxygens (including phenoxy) is 1. The molecule has 154 valence electrons. The number of hydrogen-bond donors (Lipinski definition) is 1. The number of aromatic nitrogens is 1. The van der Waals surface area contributed by atoms with Crippen LogP contribution in [0.4, 0.5) is 31.5 Å². The topological polar surface area (TPSA) is 51.2 Å². The van der Waals surface area contributed by atoms with Crippen molar-refractivity contribution in [3.8, 4) is 5.75 Å². The summed E-state index contributed by atoms with van der Waals surface area (Å²) in [5, 5.41) is 2.09. The maximum atomic E-state index is 13.3. The number of thiazole rings is 1. The Hall–Kier alpha value is -2.82. The van der Waals surface area contributed by atoms with Crippen LogP contribution in [0.5, 0.6) is 5.75 Å². The van der Waals surface area contributed by atoms with E-state index in [1.165, 1.54) is 14.0 Å².